The Hall–Kier alpha value is -1.57. The largest absolute Gasteiger partial charge is 0.383 e. The van der Waals surface area contributed by atoms with E-state index in [4.69, 9.17) is 4.74 Å². The summed E-state index contributed by atoms with van der Waals surface area (Å²) >= 11 is 0. The van der Waals surface area contributed by atoms with Crippen LogP contribution in [0.1, 0.15) is 38.8 Å². The molecule has 1 aromatic carbocycles. The summed E-state index contributed by atoms with van der Waals surface area (Å²) in [7, 11) is 1.69. The van der Waals surface area contributed by atoms with Crippen LogP contribution in [0, 0.1) is 11.3 Å². The number of anilines is 1. The molecular weight excluding hydrogens is 262 g/mol. The van der Waals surface area contributed by atoms with E-state index in [-0.39, 0.29) is 5.54 Å². The van der Waals surface area contributed by atoms with Crippen molar-refractivity contribution in [2.24, 2.45) is 0 Å². The Labute approximate surface area is 128 Å². The van der Waals surface area contributed by atoms with E-state index in [1.165, 1.54) is 0 Å². The van der Waals surface area contributed by atoms with Gasteiger partial charge in [0.15, 0.2) is 0 Å². The number of nitrogens with zero attached hydrogens (tertiary/aromatic N) is 2. The molecule has 0 aliphatic heterocycles. The molecule has 0 fully saturated rings. The standard InChI is InChI=1S/C17H27N3O/c1-6-20(9-10-21-5)16-8-7-14(11-15(16)12-18)13-19-17(2,3)4/h7-8,11,19H,6,9-10,13H2,1-5H3. The third-order valence-corrected chi connectivity index (χ3v) is 3.29. The van der Waals surface area contributed by atoms with E-state index in [9.17, 15) is 5.26 Å². The number of likely N-dealkylation sites (N-methyl/N-ethyl adjacent to an activating group) is 1. The van der Waals surface area contributed by atoms with Crippen LogP contribution >= 0.6 is 0 Å². The van der Waals surface area contributed by atoms with Gasteiger partial charge < -0.3 is 15.0 Å². The van der Waals surface area contributed by atoms with Gasteiger partial charge >= 0.3 is 0 Å². The van der Waals surface area contributed by atoms with Crippen molar-refractivity contribution in [1.82, 2.24) is 5.32 Å². The highest BCUT2D eigenvalue weighted by atomic mass is 16.5. The Morgan fingerprint density at radius 1 is 1.33 bits per heavy atom. The third-order valence-electron chi connectivity index (χ3n) is 3.29. The van der Waals surface area contributed by atoms with Gasteiger partial charge in [-0.05, 0) is 45.4 Å². The molecule has 1 aromatic rings. The van der Waals surface area contributed by atoms with Crippen LogP contribution in [0.5, 0.6) is 0 Å². The Kier molecular flexibility index (Phi) is 6.67. The van der Waals surface area contributed by atoms with Crippen LogP contribution in [-0.4, -0.2) is 32.3 Å². The van der Waals surface area contributed by atoms with Gasteiger partial charge in [0, 0.05) is 32.3 Å². The van der Waals surface area contributed by atoms with Gasteiger partial charge in [0.05, 0.1) is 17.9 Å². The second-order valence-corrected chi connectivity index (χ2v) is 6.14. The summed E-state index contributed by atoms with van der Waals surface area (Å²) in [6.45, 7) is 11.6. The molecule has 0 aromatic heterocycles. The van der Waals surface area contributed by atoms with Crippen molar-refractivity contribution in [3.05, 3.63) is 29.3 Å². The van der Waals surface area contributed by atoms with Crippen molar-refractivity contribution in [1.29, 1.82) is 5.26 Å². The lowest BCUT2D eigenvalue weighted by Crippen LogP contribution is -2.35. The van der Waals surface area contributed by atoms with Crippen LogP contribution < -0.4 is 10.2 Å². The van der Waals surface area contributed by atoms with Crippen molar-refractivity contribution in [2.75, 3.05) is 31.7 Å². The normalized spacial score (nSPS) is 11.2. The summed E-state index contributed by atoms with van der Waals surface area (Å²) in [6.07, 6.45) is 0. The van der Waals surface area contributed by atoms with Crippen LogP contribution in [0.25, 0.3) is 0 Å². The summed E-state index contributed by atoms with van der Waals surface area (Å²) in [4.78, 5) is 2.17. The zero-order valence-corrected chi connectivity index (χ0v) is 13.9. The highest BCUT2D eigenvalue weighted by Crippen LogP contribution is 2.21. The smallest absolute Gasteiger partial charge is 0.101 e. The zero-order chi connectivity index (χ0) is 15.9. The molecule has 0 spiro atoms. The molecule has 0 saturated heterocycles. The molecule has 4 nitrogen and oxygen atoms in total. The van der Waals surface area contributed by atoms with Gasteiger partial charge in [-0.25, -0.2) is 0 Å². The summed E-state index contributed by atoms with van der Waals surface area (Å²) in [5.74, 6) is 0. The van der Waals surface area contributed by atoms with Gasteiger partial charge in [-0.3, -0.25) is 0 Å². The van der Waals surface area contributed by atoms with E-state index in [1.807, 2.05) is 12.1 Å². The molecule has 0 heterocycles. The van der Waals surface area contributed by atoms with E-state index in [2.05, 4.69) is 50.0 Å². The molecule has 1 rings (SSSR count). The molecule has 4 heteroatoms. The minimum absolute atomic E-state index is 0.0688. The first-order valence-corrected chi connectivity index (χ1v) is 7.43. The fourth-order valence-electron chi connectivity index (χ4n) is 2.08. The molecule has 0 bridgehead atoms. The first-order valence-electron chi connectivity index (χ1n) is 7.43. The van der Waals surface area contributed by atoms with Crippen molar-refractivity contribution in [3.63, 3.8) is 0 Å². The SMILES string of the molecule is CCN(CCOC)c1ccc(CNC(C)(C)C)cc1C#N. The predicted molar refractivity (Wildman–Crippen MR) is 87.5 cm³/mol. The maximum atomic E-state index is 9.41. The molecule has 0 atom stereocenters. The summed E-state index contributed by atoms with van der Waals surface area (Å²) in [5, 5.41) is 12.9. The zero-order valence-electron chi connectivity index (χ0n) is 13.9. The van der Waals surface area contributed by atoms with E-state index < -0.39 is 0 Å². The van der Waals surface area contributed by atoms with E-state index in [0.29, 0.717) is 6.61 Å². The van der Waals surface area contributed by atoms with Crippen molar-refractivity contribution >= 4 is 5.69 Å². The quantitative estimate of drug-likeness (QED) is 0.838. The highest BCUT2D eigenvalue weighted by molar-refractivity contribution is 5.60. The third kappa shape index (κ3) is 5.74. The van der Waals surface area contributed by atoms with Crippen molar-refractivity contribution in [2.45, 2.75) is 39.8 Å². The van der Waals surface area contributed by atoms with Gasteiger partial charge in [0.1, 0.15) is 6.07 Å². The Morgan fingerprint density at radius 3 is 2.57 bits per heavy atom. The summed E-state index contributed by atoms with van der Waals surface area (Å²) in [6, 6.07) is 8.42. The van der Waals surface area contributed by atoms with Crippen LogP contribution in [0.15, 0.2) is 18.2 Å². The van der Waals surface area contributed by atoms with Crippen LogP contribution in [0.2, 0.25) is 0 Å². The molecule has 0 saturated carbocycles. The lowest BCUT2D eigenvalue weighted by Gasteiger charge is -2.25. The number of rotatable bonds is 7. The molecule has 21 heavy (non-hydrogen) atoms. The number of nitrogens with one attached hydrogen (secondary N) is 1. The number of ether oxygens (including phenoxy) is 1. The Bertz CT molecular complexity index is 486. The molecule has 116 valence electrons. The molecule has 0 unspecified atom stereocenters. The average molecular weight is 289 g/mol. The number of benzene rings is 1. The molecule has 0 aliphatic carbocycles. The van der Waals surface area contributed by atoms with E-state index in [0.717, 1.165) is 36.4 Å². The topological polar surface area (TPSA) is 48.3 Å². The predicted octanol–water partition coefficient (Wildman–Crippen LogP) is 2.92. The monoisotopic (exact) mass is 289 g/mol. The second kappa shape index (κ2) is 8.02. The summed E-state index contributed by atoms with van der Waals surface area (Å²) in [5.41, 5.74) is 2.91. The molecule has 1 N–H and O–H groups in total. The maximum Gasteiger partial charge on any atom is 0.101 e. The van der Waals surface area contributed by atoms with E-state index in [1.54, 1.807) is 7.11 Å². The van der Waals surface area contributed by atoms with Crippen molar-refractivity contribution in [3.8, 4) is 6.07 Å². The fourth-order valence-corrected chi connectivity index (χ4v) is 2.08. The minimum Gasteiger partial charge on any atom is -0.383 e. The maximum absolute atomic E-state index is 9.41. The Balaban J connectivity index is 2.90. The molecule has 0 aliphatic rings. The number of nitriles is 1. The van der Waals surface area contributed by atoms with E-state index >= 15 is 0 Å². The van der Waals surface area contributed by atoms with Crippen LogP contribution in [0.4, 0.5) is 5.69 Å². The molecule has 0 radical (unpaired) electrons. The van der Waals surface area contributed by atoms with Gasteiger partial charge in [0.2, 0.25) is 0 Å². The minimum atomic E-state index is 0.0688. The average Bonchev–Trinajstić information content (AvgIpc) is 2.45. The van der Waals surface area contributed by atoms with Gasteiger partial charge in [0.25, 0.3) is 0 Å². The van der Waals surface area contributed by atoms with Gasteiger partial charge in [-0.2, -0.15) is 5.26 Å². The van der Waals surface area contributed by atoms with Crippen LogP contribution in [0.3, 0.4) is 0 Å². The first kappa shape index (κ1) is 17.5. The second-order valence-electron chi connectivity index (χ2n) is 6.14. The molecular formula is C17H27N3O. The number of hydrogen-bond donors (Lipinski definition) is 1. The Morgan fingerprint density at radius 2 is 2.05 bits per heavy atom. The number of hydrogen-bond acceptors (Lipinski definition) is 4. The van der Waals surface area contributed by atoms with Gasteiger partial charge in [-0.15, -0.1) is 0 Å². The van der Waals surface area contributed by atoms with Gasteiger partial charge in [-0.1, -0.05) is 6.07 Å². The lowest BCUT2D eigenvalue weighted by atomic mass is 10.1. The first-order chi connectivity index (χ1) is 9.91. The fraction of sp³-hybridized carbons (Fsp3) is 0.588. The summed E-state index contributed by atoms with van der Waals surface area (Å²) < 4.78 is 5.13. The van der Waals surface area contributed by atoms with Crippen molar-refractivity contribution < 1.29 is 4.74 Å². The highest BCUT2D eigenvalue weighted by Gasteiger charge is 2.12. The van der Waals surface area contributed by atoms with Crippen LogP contribution in [-0.2, 0) is 11.3 Å². The molecule has 0 amide bonds. The number of methoxy groups -OCH3 is 1. The lowest BCUT2D eigenvalue weighted by molar-refractivity contribution is 0.205.